The smallest absolute Gasteiger partial charge is 0.362 e. The van der Waals surface area contributed by atoms with Gasteiger partial charge in [-0.15, -0.1) is 0 Å². The van der Waals surface area contributed by atoms with Crippen LogP contribution in [0.15, 0.2) is 97.6 Å². The van der Waals surface area contributed by atoms with Crippen LogP contribution in [0, 0.1) is 5.41 Å². The molecule has 4 rings (SSSR count). The maximum atomic E-state index is 7.28. The van der Waals surface area contributed by atoms with E-state index in [-0.39, 0.29) is 12.3 Å². The molecule has 0 saturated carbocycles. The number of nitrogens with zero attached hydrogens (tertiary/aromatic N) is 3. The molecule has 1 atom stereocenters. The summed E-state index contributed by atoms with van der Waals surface area (Å²) in [6.07, 6.45) is 5.03. The van der Waals surface area contributed by atoms with Crippen LogP contribution in [0.2, 0.25) is 5.02 Å². The van der Waals surface area contributed by atoms with Crippen LogP contribution in [0.25, 0.3) is 0 Å². The van der Waals surface area contributed by atoms with Gasteiger partial charge in [-0.3, -0.25) is 4.68 Å². The van der Waals surface area contributed by atoms with Crippen LogP contribution in [0.1, 0.15) is 32.8 Å². The Labute approximate surface area is 208 Å². The summed E-state index contributed by atoms with van der Waals surface area (Å²) in [7, 11) is 0. The topological polar surface area (TPSA) is 39.9 Å². The Balaban J connectivity index is 1.76. The first-order chi connectivity index (χ1) is 16.4. The lowest BCUT2D eigenvalue weighted by atomic mass is 9.54. The fraction of sp³-hybridized carbons (Fsp3) is 0.286. The van der Waals surface area contributed by atoms with E-state index in [9.17, 15) is 0 Å². The van der Waals surface area contributed by atoms with Crippen molar-refractivity contribution < 1.29 is 4.65 Å². The molecule has 0 aliphatic heterocycles. The molecule has 0 aliphatic rings. The van der Waals surface area contributed by atoms with E-state index in [1.54, 1.807) is 12.7 Å². The molecule has 4 nitrogen and oxygen atoms in total. The molecule has 0 radical (unpaired) electrons. The number of halogens is 1. The maximum Gasteiger partial charge on any atom is 0.362 e. The average molecular weight is 472 g/mol. The molecule has 4 aromatic rings. The van der Waals surface area contributed by atoms with E-state index in [1.165, 1.54) is 5.56 Å². The maximum absolute atomic E-state index is 7.28. The van der Waals surface area contributed by atoms with Crippen molar-refractivity contribution >= 4 is 29.4 Å². The lowest BCUT2D eigenvalue weighted by molar-refractivity contribution is -0.0565. The zero-order valence-electron chi connectivity index (χ0n) is 20.1. The SMILES string of the molecule is CC(C)(C)C(CCc1ccc(Cl)cc1)(Cn1cncn1)OB(c1ccccc1)c1ccccc1. The summed E-state index contributed by atoms with van der Waals surface area (Å²) >= 11 is 6.13. The van der Waals surface area contributed by atoms with E-state index in [4.69, 9.17) is 16.3 Å². The van der Waals surface area contributed by atoms with E-state index in [2.05, 4.69) is 91.5 Å². The summed E-state index contributed by atoms with van der Waals surface area (Å²) in [5, 5.41) is 5.19. The third-order valence-corrected chi connectivity index (χ3v) is 6.78. The second kappa shape index (κ2) is 10.6. The van der Waals surface area contributed by atoms with Crippen LogP contribution in [-0.2, 0) is 17.6 Å². The highest BCUT2D eigenvalue weighted by Crippen LogP contribution is 2.40. The summed E-state index contributed by atoms with van der Waals surface area (Å²) in [6, 6.07) is 29.0. The molecule has 0 saturated heterocycles. The van der Waals surface area contributed by atoms with Gasteiger partial charge in [-0.25, -0.2) is 4.98 Å². The van der Waals surface area contributed by atoms with Gasteiger partial charge in [-0.05, 0) is 46.9 Å². The van der Waals surface area contributed by atoms with Crippen molar-refractivity contribution in [2.24, 2.45) is 5.41 Å². The van der Waals surface area contributed by atoms with Crippen molar-refractivity contribution in [1.29, 1.82) is 0 Å². The summed E-state index contributed by atoms with van der Waals surface area (Å²) in [5.41, 5.74) is 2.78. The first kappa shape index (κ1) is 24.2. The molecule has 0 bridgehead atoms. The normalized spacial score (nSPS) is 13.4. The van der Waals surface area contributed by atoms with Crippen molar-refractivity contribution in [1.82, 2.24) is 14.8 Å². The fourth-order valence-electron chi connectivity index (χ4n) is 4.35. The van der Waals surface area contributed by atoms with E-state index >= 15 is 0 Å². The molecule has 34 heavy (non-hydrogen) atoms. The zero-order valence-corrected chi connectivity index (χ0v) is 20.8. The van der Waals surface area contributed by atoms with Crippen LogP contribution in [0.3, 0.4) is 0 Å². The van der Waals surface area contributed by atoms with Crippen molar-refractivity contribution in [2.75, 3.05) is 0 Å². The first-order valence-electron chi connectivity index (χ1n) is 11.7. The average Bonchev–Trinajstić information content (AvgIpc) is 3.35. The highest BCUT2D eigenvalue weighted by molar-refractivity contribution is 6.80. The molecule has 0 spiro atoms. The van der Waals surface area contributed by atoms with Crippen molar-refractivity contribution in [2.45, 2.75) is 45.8 Å². The lowest BCUT2D eigenvalue weighted by Gasteiger charge is -2.47. The third-order valence-electron chi connectivity index (χ3n) is 6.53. The summed E-state index contributed by atoms with van der Waals surface area (Å²) < 4.78 is 9.17. The minimum Gasteiger partial charge on any atom is -0.419 e. The molecule has 3 aromatic carbocycles. The number of aryl methyl sites for hydroxylation is 1. The van der Waals surface area contributed by atoms with Crippen LogP contribution in [0.4, 0.5) is 0 Å². The third kappa shape index (κ3) is 5.78. The molecule has 0 fully saturated rings. The van der Waals surface area contributed by atoms with Crippen molar-refractivity contribution in [3.63, 3.8) is 0 Å². The Morgan fingerprint density at radius 1 is 0.853 bits per heavy atom. The molecule has 1 unspecified atom stereocenters. The predicted molar refractivity (Wildman–Crippen MR) is 141 cm³/mol. The molecular formula is C28H31BClN3O. The standard InChI is InChI=1S/C28H31BClN3O/c1-27(2,3)28(20-33-22-31-21-32-33,19-18-23-14-16-26(30)17-15-23)34-29(24-10-6-4-7-11-24)25-12-8-5-9-13-25/h4-17,21-22H,18-20H2,1-3H3. The molecule has 174 valence electrons. The van der Waals surface area contributed by atoms with Crippen molar-refractivity contribution in [3.05, 3.63) is 108 Å². The molecule has 1 heterocycles. The predicted octanol–water partition coefficient (Wildman–Crippen LogP) is 5.17. The van der Waals surface area contributed by atoms with Crippen LogP contribution < -0.4 is 10.9 Å². The Kier molecular flexibility index (Phi) is 7.55. The molecule has 0 N–H and O–H groups in total. The van der Waals surface area contributed by atoms with Gasteiger partial charge in [0.15, 0.2) is 0 Å². The Bertz CT molecular complexity index is 1110. The van der Waals surface area contributed by atoms with Crippen LogP contribution in [-0.4, -0.2) is 27.3 Å². The van der Waals surface area contributed by atoms with Gasteiger partial charge in [0.2, 0.25) is 0 Å². The highest BCUT2D eigenvalue weighted by atomic mass is 35.5. The second-order valence-corrected chi connectivity index (χ2v) is 10.2. The van der Waals surface area contributed by atoms with Gasteiger partial charge in [-0.1, -0.05) is 105 Å². The quantitative estimate of drug-likeness (QED) is 0.316. The molecule has 0 aliphatic carbocycles. The number of hydrogen-bond acceptors (Lipinski definition) is 3. The minimum absolute atomic E-state index is 0.187. The number of aromatic nitrogens is 3. The number of rotatable bonds is 9. The zero-order chi connectivity index (χ0) is 24.0. The van der Waals surface area contributed by atoms with E-state index in [0.717, 1.165) is 28.8 Å². The fourth-order valence-corrected chi connectivity index (χ4v) is 4.47. The summed E-state index contributed by atoms with van der Waals surface area (Å²) in [6.45, 7) is 7.13. The summed E-state index contributed by atoms with van der Waals surface area (Å²) in [4.78, 5) is 4.19. The van der Waals surface area contributed by atoms with Gasteiger partial charge in [-0.2, -0.15) is 5.10 Å². The number of hydrogen-bond donors (Lipinski definition) is 0. The van der Waals surface area contributed by atoms with Gasteiger partial charge >= 0.3 is 6.92 Å². The lowest BCUT2D eigenvalue weighted by Crippen LogP contribution is -2.58. The Morgan fingerprint density at radius 2 is 1.44 bits per heavy atom. The molecule has 1 aromatic heterocycles. The largest absolute Gasteiger partial charge is 0.419 e. The van der Waals surface area contributed by atoms with Gasteiger partial charge in [0.05, 0.1) is 12.1 Å². The Morgan fingerprint density at radius 3 is 1.94 bits per heavy atom. The molecular weight excluding hydrogens is 441 g/mol. The Hall–Kier alpha value is -2.89. The highest BCUT2D eigenvalue weighted by Gasteiger charge is 2.46. The molecule has 0 amide bonds. The van der Waals surface area contributed by atoms with Crippen LogP contribution in [0.5, 0.6) is 0 Å². The minimum atomic E-state index is -0.531. The second-order valence-electron chi connectivity index (χ2n) is 9.78. The summed E-state index contributed by atoms with van der Waals surface area (Å²) in [5.74, 6) is 0. The molecule has 6 heteroatoms. The monoisotopic (exact) mass is 471 g/mol. The van der Waals surface area contributed by atoms with Crippen molar-refractivity contribution in [3.8, 4) is 0 Å². The van der Waals surface area contributed by atoms with Gasteiger partial charge in [0, 0.05) is 5.02 Å². The van der Waals surface area contributed by atoms with Gasteiger partial charge in [0.1, 0.15) is 12.7 Å². The first-order valence-corrected chi connectivity index (χ1v) is 12.1. The van der Waals surface area contributed by atoms with E-state index in [0.29, 0.717) is 6.54 Å². The van der Waals surface area contributed by atoms with E-state index in [1.807, 2.05) is 28.9 Å². The van der Waals surface area contributed by atoms with Gasteiger partial charge in [0.25, 0.3) is 0 Å². The van der Waals surface area contributed by atoms with E-state index < -0.39 is 5.60 Å². The number of benzene rings is 3. The van der Waals surface area contributed by atoms with Gasteiger partial charge < -0.3 is 4.65 Å². The van der Waals surface area contributed by atoms with Crippen LogP contribution >= 0.6 is 11.6 Å².